The Labute approximate surface area is 163 Å². The maximum Gasteiger partial charge on any atom is 0.233 e. The Hall–Kier alpha value is -2.03. The summed E-state index contributed by atoms with van der Waals surface area (Å²) in [6.07, 6.45) is 1.85. The van der Waals surface area contributed by atoms with Crippen molar-refractivity contribution in [3.63, 3.8) is 0 Å². The summed E-state index contributed by atoms with van der Waals surface area (Å²) in [5, 5.41) is 0.819. The summed E-state index contributed by atoms with van der Waals surface area (Å²) in [4.78, 5) is 18.8. The quantitative estimate of drug-likeness (QED) is 0.643. The third kappa shape index (κ3) is 5.03. The van der Waals surface area contributed by atoms with Crippen molar-refractivity contribution in [2.75, 3.05) is 52.9 Å². The van der Waals surface area contributed by atoms with Crippen LogP contribution in [0.1, 0.15) is 0 Å². The largest absolute Gasteiger partial charge is 0.497 e. The lowest BCUT2D eigenvalue weighted by Gasteiger charge is -2.26. The number of amides is 1. The van der Waals surface area contributed by atoms with Crippen LogP contribution in [-0.4, -0.2) is 73.2 Å². The smallest absolute Gasteiger partial charge is 0.233 e. The first-order valence-corrected chi connectivity index (χ1v) is 9.88. The second-order valence-electron chi connectivity index (χ2n) is 6.08. The predicted octanol–water partition coefficient (Wildman–Crippen LogP) is 2.16. The van der Waals surface area contributed by atoms with Gasteiger partial charge in [-0.1, -0.05) is 11.8 Å². The van der Waals surface area contributed by atoms with Gasteiger partial charge < -0.3 is 23.7 Å². The van der Waals surface area contributed by atoms with E-state index in [9.17, 15) is 4.79 Å². The van der Waals surface area contributed by atoms with Crippen LogP contribution in [0.4, 0.5) is 0 Å². The van der Waals surface area contributed by atoms with Gasteiger partial charge in [0.2, 0.25) is 5.91 Å². The van der Waals surface area contributed by atoms with E-state index in [-0.39, 0.29) is 5.91 Å². The topological polar surface area (TPSA) is 65.8 Å². The molecule has 0 aliphatic carbocycles. The molecule has 27 heavy (non-hydrogen) atoms. The van der Waals surface area contributed by atoms with Crippen LogP contribution in [0.15, 0.2) is 35.6 Å². The first kappa shape index (κ1) is 19.7. The van der Waals surface area contributed by atoms with Crippen LogP contribution < -0.4 is 4.74 Å². The maximum atomic E-state index is 12.4. The van der Waals surface area contributed by atoms with E-state index >= 15 is 0 Å². The van der Waals surface area contributed by atoms with Gasteiger partial charge in [-0.15, -0.1) is 0 Å². The van der Waals surface area contributed by atoms with E-state index in [1.165, 1.54) is 11.8 Å². The fraction of sp³-hybridized carbons (Fsp3) is 0.474. The first-order chi connectivity index (χ1) is 13.2. The molecule has 0 N–H and O–H groups in total. The molecule has 8 heteroatoms. The average Bonchev–Trinajstić information content (AvgIpc) is 3.13. The number of benzene rings is 1. The van der Waals surface area contributed by atoms with Gasteiger partial charge in [0.05, 0.1) is 44.6 Å². The number of carbonyl (C=O) groups excluding carboxylic acids is 1. The zero-order chi connectivity index (χ0) is 19.1. The Morgan fingerprint density at radius 3 is 2.63 bits per heavy atom. The highest BCUT2D eigenvalue weighted by atomic mass is 32.2. The van der Waals surface area contributed by atoms with Gasteiger partial charge in [-0.2, -0.15) is 0 Å². The van der Waals surface area contributed by atoms with Crippen LogP contribution in [0.2, 0.25) is 0 Å². The molecule has 1 aliphatic rings. The lowest BCUT2D eigenvalue weighted by atomic mass is 10.1. The summed E-state index contributed by atoms with van der Waals surface area (Å²) in [5.41, 5.74) is 2.04. The van der Waals surface area contributed by atoms with Crippen molar-refractivity contribution in [2.24, 2.45) is 0 Å². The molecule has 0 radical (unpaired) electrons. The van der Waals surface area contributed by atoms with E-state index in [1.807, 2.05) is 35.4 Å². The minimum Gasteiger partial charge on any atom is -0.497 e. The van der Waals surface area contributed by atoms with E-state index < -0.39 is 0 Å². The lowest BCUT2D eigenvalue weighted by molar-refractivity contribution is -0.132. The van der Waals surface area contributed by atoms with Gasteiger partial charge in [0.1, 0.15) is 5.75 Å². The van der Waals surface area contributed by atoms with Gasteiger partial charge in [0.25, 0.3) is 0 Å². The Kier molecular flexibility index (Phi) is 7.14. The molecule has 0 bridgehead atoms. The molecule has 0 atom stereocenters. The van der Waals surface area contributed by atoms with E-state index in [0.717, 1.165) is 22.2 Å². The molecule has 1 fully saturated rings. The summed E-state index contributed by atoms with van der Waals surface area (Å²) in [6, 6.07) is 7.87. The SMILES string of the molecule is COCCn1c(-c2ccc(OC)cc2)cnc1SCC(=O)N1CCOCC1. The molecule has 7 nitrogen and oxygen atoms in total. The summed E-state index contributed by atoms with van der Waals surface area (Å²) in [6.45, 7) is 3.79. The molecular weight excluding hydrogens is 366 g/mol. The molecule has 146 valence electrons. The average molecular weight is 391 g/mol. The number of morpholine rings is 1. The van der Waals surface area contributed by atoms with Gasteiger partial charge >= 0.3 is 0 Å². The second-order valence-corrected chi connectivity index (χ2v) is 7.02. The third-order valence-corrected chi connectivity index (χ3v) is 5.39. The second kappa shape index (κ2) is 9.77. The Morgan fingerprint density at radius 1 is 1.22 bits per heavy atom. The summed E-state index contributed by atoms with van der Waals surface area (Å²) >= 11 is 1.46. The van der Waals surface area contributed by atoms with Crippen LogP contribution in [0.3, 0.4) is 0 Å². The van der Waals surface area contributed by atoms with Crippen LogP contribution in [-0.2, 0) is 20.8 Å². The number of imidazole rings is 1. The van der Waals surface area contributed by atoms with Gasteiger partial charge in [-0.05, 0) is 24.3 Å². The predicted molar refractivity (Wildman–Crippen MR) is 104 cm³/mol. The first-order valence-electron chi connectivity index (χ1n) is 8.90. The van der Waals surface area contributed by atoms with E-state index in [4.69, 9.17) is 14.2 Å². The zero-order valence-corrected chi connectivity index (χ0v) is 16.5. The molecule has 0 unspecified atom stereocenters. The highest BCUT2D eigenvalue weighted by Crippen LogP contribution is 2.27. The monoisotopic (exact) mass is 391 g/mol. The minimum atomic E-state index is 0.121. The molecule has 0 spiro atoms. The van der Waals surface area contributed by atoms with Crippen molar-refractivity contribution in [3.8, 4) is 17.0 Å². The lowest BCUT2D eigenvalue weighted by Crippen LogP contribution is -2.41. The number of carbonyl (C=O) groups is 1. The third-order valence-electron chi connectivity index (χ3n) is 4.41. The molecular formula is C19H25N3O4S. The fourth-order valence-corrected chi connectivity index (χ4v) is 3.80. The highest BCUT2D eigenvalue weighted by molar-refractivity contribution is 7.99. The summed E-state index contributed by atoms with van der Waals surface area (Å²) in [7, 11) is 3.33. The zero-order valence-electron chi connectivity index (χ0n) is 15.7. The number of hydrogen-bond donors (Lipinski definition) is 0. The van der Waals surface area contributed by atoms with Crippen LogP contribution in [0.5, 0.6) is 5.75 Å². The van der Waals surface area contributed by atoms with E-state index in [1.54, 1.807) is 14.2 Å². The van der Waals surface area contributed by atoms with Gasteiger partial charge in [0.15, 0.2) is 5.16 Å². The molecule has 0 saturated carbocycles. The normalized spacial score (nSPS) is 14.4. The van der Waals surface area contributed by atoms with E-state index in [0.29, 0.717) is 45.2 Å². The number of hydrogen-bond acceptors (Lipinski definition) is 6. The van der Waals surface area contributed by atoms with Crippen molar-refractivity contribution in [2.45, 2.75) is 11.7 Å². The summed E-state index contributed by atoms with van der Waals surface area (Å²) < 4.78 is 17.9. The molecule has 2 heterocycles. The van der Waals surface area contributed by atoms with Crippen LogP contribution >= 0.6 is 11.8 Å². The molecule has 1 saturated heterocycles. The molecule has 1 aromatic carbocycles. The van der Waals surface area contributed by atoms with Crippen molar-refractivity contribution in [1.29, 1.82) is 0 Å². The molecule has 1 amide bonds. The van der Waals surface area contributed by atoms with Crippen molar-refractivity contribution in [1.82, 2.24) is 14.5 Å². The van der Waals surface area contributed by atoms with Crippen molar-refractivity contribution < 1.29 is 19.0 Å². The number of aromatic nitrogens is 2. The molecule has 2 aromatic rings. The number of ether oxygens (including phenoxy) is 3. The Balaban J connectivity index is 1.73. The fourth-order valence-electron chi connectivity index (χ4n) is 2.90. The molecule has 3 rings (SSSR count). The van der Waals surface area contributed by atoms with Gasteiger partial charge in [-0.25, -0.2) is 4.98 Å². The number of methoxy groups -OCH3 is 2. The van der Waals surface area contributed by atoms with Crippen LogP contribution in [0, 0.1) is 0 Å². The maximum absolute atomic E-state index is 12.4. The Morgan fingerprint density at radius 2 is 1.96 bits per heavy atom. The summed E-state index contributed by atoms with van der Waals surface area (Å²) in [5.74, 6) is 1.30. The Bertz CT molecular complexity index is 742. The number of rotatable bonds is 8. The highest BCUT2D eigenvalue weighted by Gasteiger charge is 2.19. The van der Waals surface area contributed by atoms with Crippen molar-refractivity contribution in [3.05, 3.63) is 30.5 Å². The number of thioether (sulfide) groups is 1. The molecule has 1 aliphatic heterocycles. The van der Waals surface area contributed by atoms with Crippen molar-refractivity contribution >= 4 is 17.7 Å². The van der Waals surface area contributed by atoms with E-state index in [2.05, 4.69) is 9.55 Å². The van der Waals surface area contributed by atoms with Gasteiger partial charge in [-0.3, -0.25) is 4.79 Å². The standard InChI is InChI=1S/C19H25N3O4S/c1-24-10-9-22-17(15-3-5-16(25-2)6-4-15)13-20-19(22)27-14-18(23)21-7-11-26-12-8-21/h3-6,13H,7-12,14H2,1-2H3. The number of nitrogens with zero attached hydrogens (tertiary/aromatic N) is 3. The van der Waals surface area contributed by atoms with Crippen LogP contribution in [0.25, 0.3) is 11.3 Å². The minimum absolute atomic E-state index is 0.121. The molecule has 1 aromatic heterocycles. The van der Waals surface area contributed by atoms with Gasteiger partial charge in [0, 0.05) is 32.3 Å².